The maximum Gasteiger partial charge on any atom is 0.234 e. The molecule has 2 aliphatic carbocycles. The summed E-state index contributed by atoms with van der Waals surface area (Å²) in [7, 11) is 0. The number of hydrogen-bond donors (Lipinski definition) is 1. The highest BCUT2D eigenvalue weighted by atomic mass is 15.0. The van der Waals surface area contributed by atoms with Crippen molar-refractivity contribution in [1.82, 2.24) is 0 Å². The Morgan fingerprint density at radius 3 is 1.95 bits per heavy atom. The smallest absolute Gasteiger partial charge is 0.234 e. The third-order valence-corrected chi connectivity index (χ3v) is 5.03. The Kier molecular flexibility index (Phi) is 3.17. The summed E-state index contributed by atoms with van der Waals surface area (Å²) in [5, 5.41) is 0. The molecule has 0 atom stereocenters. The Morgan fingerprint density at radius 2 is 1.33 bits per heavy atom. The summed E-state index contributed by atoms with van der Waals surface area (Å²) in [6.45, 7) is 0. The molecule has 0 aliphatic heterocycles. The molecule has 0 radical (unpaired) electrons. The van der Waals surface area contributed by atoms with Crippen molar-refractivity contribution in [3.63, 3.8) is 0 Å². The van der Waals surface area contributed by atoms with Crippen LogP contribution >= 0.6 is 0 Å². The molecule has 2 aromatic rings. The fourth-order valence-electron chi connectivity index (χ4n) is 4.00. The van der Waals surface area contributed by atoms with Crippen LogP contribution in [0, 0.1) is 0 Å². The number of para-hydroxylation sites is 2. The zero-order valence-corrected chi connectivity index (χ0v) is 12.6. The fraction of sp³-hybridized carbons (Fsp3) is 0.421. The van der Waals surface area contributed by atoms with E-state index >= 15 is 0 Å². The van der Waals surface area contributed by atoms with E-state index in [2.05, 4.69) is 22.8 Å². The lowest BCUT2D eigenvalue weighted by molar-refractivity contribution is -0.613. The molecule has 2 nitrogen and oxygen atoms in total. The Balaban J connectivity index is 2.01. The minimum absolute atomic E-state index is 0.897. The van der Waals surface area contributed by atoms with Crippen LogP contribution in [0.15, 0.2) is 30.3 Å². The van der Waals surface area contributed by atoms with Gasteiger partial charge in [0.25, 0.3) is 0 Å². The van der Waals surface area contributed by atoms with Crippen LogP contribution in [0.1, 0.15) is 48.2 Å². The lowest BCUT2D eigenvalue weighted by atomic mass is 9.88. The van der Waals surface area contributed by atoms with Gasteiger partial charge in [-0.2, -0.15) is 4.57 Å². The van der Waals surface area contributed by atoms with E-state index < -0.39 is 0 Å². The van der Waals surface area contributed by atoms with Crippen LogP contribution < -0.4 is 10.3 Å². The lowest BCUT2D eigenvalue weighted by Crippen LogP contribution is -2.44. The second-order valence-corrected chi connectivity index (χ2v) is 6.40. The molecule has 0 saturated carbocycles. The molecule has 0 saturated heterocycles. The van der Waals surface area contributed by atoms with Gasteiger partial charge in [-0.3, -0.25) is 0 Å². The molecular weight excluding hydrogens is 256 g/mol. The van der Waals surface area contributed by atoms with Crippen molar-refractivity contribution in [2.24, 2.45) is 0 Å². The molecule has 0 fully saturated rings. The Bertz CT molecular complexity index is 654. The lowest BCUT2D eigenvalue weighted by Gasteiger charge is -2.22. The molecular formula is C19H23N2+. The van der Waals surface area contributed by atoms with Gasteiger partial charge in [0.05, 0.1) is 0 Å². The van der Waals surface area contributed by atoms with Crippen molar-refractivity contribution < 1.29 is 4.57 Å². The van der Waals surface area contributed by atoms with E-state index in [9.17, 15) is 0 Å². The van der Waals surface area contributed by atoms with Gasteiger partial charge < -0.3 is 5.73 Å². The van der Waals surface area contributed by atoms with Crippen molar-refractivity contribution in [2.45, 2.75) is 51.4 Å². The number of rotatable bonds is 1. The summed E-state index contributed by atoms with van der Waals surface area (Å²) in [4.78, 5) is 0. The minimum atomic E-state index is 0.897. The molecule has 0 bridgehead atoms. The minimum Gasteiger partial charge on any atom is -0.393 e. The molecule has 1 heterocycles. The number of aromatic nitrogens is 1. The SMILES string of the molecule is Nc1ccccc1-[n+]1c2c(cc3c1CCCC3)CCCC2. The van der Waals surface area contributed by atoms with Gasteiger partial charge >= 0.3 is 0 Å². The van der Waals surface area contributed by atoms with E-state index in [4.69, 9.17) is 5.73 Å². The molecule has 108 valence electrons. The predicted octanol–water partition coefficient (Wildman–Crippen LogP) is 3.30. The summed E-state index contributed by atoms with van der Waals surface area (Å²) in [5.74, 6) is 0. The highest BCUT2D eigenvalue weighted by Gasteiger charge is 2.30. The molecule has 2 N–H and O–H groups in total. The third kappa shape index (κ3) is 2.14. The summed E-state index contributed by atoms with van der Waals surface area (Å²) >= 11 is 0. The van der Waals surface area contributed by atoms with Crippen molar-refractivity contribution >= 4 is 5.69 Å². The number of hydrogen-bond acceptors (Lipinski definition) is 1. The van der Waals surface area contributed by atoms with Crippen LogP contribution in [-0.2, 0) is 25.7 Å². The number of nitrogens with two attached hydrogens (primary N) is 1. The Morgan fingerprint density at radius 1 is 0.762 bits per heavy atom. The predicted molar refractivity (Wildman–Crippen MR) is 85.7 cm³/mol. The average Bonchev–Trinajstić information content (AvgIpc) is 2.53. The van der Waals surface area contributed by atoms with Crippen molar-refractivity contribution in [2.75, 3.05) is 5.73 Å². The van der Waals surface area contributed by atoms with Crippen LogP contribution in [0.3, 0.4) is 0 Å². The number of benzene rings is 1. The van der Waals surface area contributed by atoms with Crippen LogP contribution in [0.4, 0.5) is 5.69 Å². The Labute approximate surface area is 126 Å². The van der Waals surface area contributed by atoms with Gasteiger partial charge in [-0.15, -0.1) is 0 Å². The van der Waals surface area contributed by atoms with Gasteiger partial charge in [-0.05, 0) is 50.7 Å². The number of fused-ring (bicyclic) bond motifs is 2. The van der Waals surface area contributed by atoms with Crippen LogP contribution in [0.25, 0.3) is 5.69 Å². The van der Waals surface area contributed by atoms with E-state index in [1.54, 1.807) is 11.1 Å². The van der Waals surface area contributed by atoms with Gasteiger partial charge in [-0.1, -0.05) is 12.1 Å². The number of pyridine rings is 1. The van der Waals surface area contributed by atoms with Gasteiger partial charge in [0, 0.05) is 30.0 Å². The van der Waals surface area contributed by atoms with E-state index in [0.29, 0.717) is 0 Å². The van der Waals surface area contributed by atoms with Gasteiger partial charge in [0.2, 0.25) is 5.69 Å². The molecule has 1 aromatic carbocycles. The molecule has 0 amide bonds. The molecule has 0 unspecified atom stereocenters. The third-order valence-electron chi connectivity index (χ3n) is 5.03. The molecule has 2 aliphatic rings. The van der Waals surface area contributed by atoms with E-state index in [1.807, 2.05) is 12.1 Å². The van der Waals surface area contributed by atoms with Crippen LogP contribution in [0.2, 0.25) is 0 Å². The summed E-state index contributed by atoms with van der Waals surface area (Å²) in [5.41, 5.74) is 14.5. The van der Waals surface area contributed by atoms with Gasteiger partial charge in [0.15, 0.2) is 11.4 Å². The molecule has 0 spiro atoms. The first-order valence-corrected chi connectivity index (χ1v) is 8.28. The van der Waals surface area contributed by atoms with Crippen LogP contribution in [0.5, 0.6) is 0 Å². The van der Waals surface area contributed by atoms with E-state index in [1.165, 1.54) is 68.4 Å². The van der Waals surface area contributed by atoms with Gasteiger partial charge in [0.1, 0.15) is 5.69 Å². The van der Waals surface area contributed by atoms with Crippen molar-refractivity contribution in [3.05, 3.63) is 52.8 Å². The zero-order chi connectivity index (χ0) is 14.2. The summed E-state index contributed by atoms with van der Waals surface area (Å²) in [6, 6.07) is 10.8. The maximum absolute atomic E-state index is 6.30. The molecule has 21 heavy (non-hydrogen) atoms. The highest BCUT2D eigenvalue weighted by Crippen LogP contribution is 2.28. The first-order chi connectivity index (χ1) is 10.3. The number of nitrogens with zero attached hydrogens (tertiary/aromatic N) is 1. The monoisotopic (exact) mass is 279 g/mol. The second kappa shape index (κ2) is 5.18. The molecule has 4 rings (SSSR count). The average molecular weight is 279 g/mol. The largest absolute Gasteiger partial charge is 0.393 e. The first-order valence-electron chi connectivity index (χ1n) is 8.28. The number of anilines is 1. The van der Waals surface area contributed by atoms with Gasteiger partial charge in [-0.25, -0.2) is 0 Å². The normalized spacial score (nSPS) is 17.1. The maximum atomic E-state index is 6.30. The molecule has 2 heteroatoms. The standard InChI is InChI=1S/C19H23N2/c20-16-9-3-6-12-19(16)21-17-10-4-1-7-14(17)13-15-8-2-5-11-18(15)21/h3,6,9,12-13H,1-2,4-5,7-8,10-11,20H2/q+1. The summed E-state index contributed by atoms with van der Waals surface area (Å²) < 4.78 is 2.51. The highest BCUT2D eigenvalue weighted by molar-refractivity contribution is 5.53. The van der Waals surface area contributed by atoms with E-state index in [0.717, 1.165) is 5.69 Å². The molecule has 1 aromatic heterocycles. The first kappa shape index (κ1) is 12.9. The van der Waals surface area contributed by atoms with Crippen LogP contribution in [-0.4, -0.2) is 0 Å². The fourth-order valence-corrected chi connectivity index (χ4v) is 4.00. The number of aryl methyl sites for hydroxylation is 2. The van der Waals surface area contributed by atoms with E-state index in [-0.39, 0.29) is 0 Å². The summed E-state index contributed by atoms with van der Waals surface area (Å²) in [6.07, 6.45) is 10.1. The number of nitrogen functional groups attached to an aromatic ring is 1. The van der Waals surface area contributed by atoms with Crippen molar-refractivity contribution in [1.29, 1.82) is 0 Å². The topological polar surface area (TPSA) is 29.9 Å². The zero-order valence-electron chi connectivity index (χ0n) is 12.6. The quantitative estimate of drug-likeness (QED) is 0.630. The second-order valence-electron chi connectivity index (χ2n) is 6.40. The van der Waals surface area contributed by atoms with Crippen molar-refractivity contribution in [3.8, 4) is 5.69 Å². The Hall–Kier alpha value is -1.83.